The van der Waals surface area contributed by atoms with Crippen LogP contribution in [-0.2, 0) is 20.8 Å². The van der Waals surface area contributed by atoms with Gasteiger partial charge in [-0.3, -0.25) is 14.4 Å². The molecule has 1 aliphatic rings. The van der Waals surface area contributed by atoms with Crippen LogP contribution < -0.4 is 0 Å². The Morgan fingerprint density at radius 1 is 1.15 bits per heavy atom. The van der Waals surface area contributed by atoms with E-state index in [9.17, 15) is 19.5 Å². The van der Waals surface area contributed by atoms with E-state index < -0.39 is 23.1 Å². The molecular weight excluding hydrogens is 342 g/mol. The van der Waals surface area contributed by atoms with Crippen LogP contribution in [0.15, 0.2) is 24.3 Å². The highest BCUT2D eigenvalue weighted by Crippen LogP contribution is 2.26. The van der Waals surface area contributed by atoms with E-state index in [2.05, 4.69) is 0 Å². The van der Waals surface area contributed by atoms with E-state index in [1.165, 1.54) is 4.90 Å². The highest BCUT2D eigenvalue weighted by Gasteiger charge is 2.40. The standard InChI is InChI=1S/C22H31NO4/c1-4-22(2,3)20(26)21(27)23-15-7-9-18(23)19(25)10-6-5-8-16-11-13-17(24)14-12-16/h11-14,18,24H,4-10,15H2,1-3H3/t18-/m0/s1. The van der Waals surface area contributed by atoms with Crippen molar-refractivity contribution < 1.29 is 19.5 Å². The lowest BCUT2D eigenvalue weighted by Crippen LogP contribution is -2.47. The minimum atomic E-state index is -0.683. The number of benzene rings is 1. The topological polar surface area (TPSA) is 74.7 Å². The van der Waals surface area contributed by atoms with Gasteiger partial charge in [-0.2, -0.15) is 0 Å². The zero-order valence-electron chi connectivity index (χ0n) is 16.7. The Hall–Kier alpha value is -2.17. The van der Waals surface area contributed by atoms with Gasteiger partial charge in [0.25, 0.3) is 5.91 Å². The number of carbonyl (C=O) groups excluding carboxylic acids is 3. The minimum absolute atomic E-state index is 0.0636. The highest BCUT2D eigenvalue weighted by atomic mass is 16.3. The van der Waals surface area contributed by atoms with E-state index >= 15 is 0 Å². The van der Waals surface area contributed by atoms with Gasteiger partial charge in [-0.05, 0) is 56.2 Å². The molecule has 5 heteroatoms. The lowest BCUT2D eigenvalue weighted by Gasteiger charge is -2.27. The first-order chi connectivity index (χ1) is 12.8. The summed E-state index contributed by atoms with van der Waals surface area (Å²) in [7, 11) is 0. The molecule has 1 aliphatic heterocycles. The van der Waals surface area contributed by atoms with Crippen LogP contribution in [0, 0.1) is 5.41 Å². The summed E-state index contributed by atoms with van der Waals surface area (Å²) in [6.45, 7) is 5.95. The quantitative estimate of drug-likeness (QED) is 0.529. The third kappa shape index (κ3) is 5.41. The summed E-state index contributed by atoms with van der Waals surface area (Å²) < 4.78 is 0. The maximum atomic E-state index is 12.6. The summed E-state index contributed by atoms with van der Waals surface area (Å²) >= 11 is 0. The molecule has 27 heavy (non-hydrogen) atoms. The number of unbranched alkanes of at least 4 members (excludes halogenated alkanes) is 1. The number of ketones is 2. The van der Waals surface area contributed by atoms with Gasteiger partial charge in [-0.15, -0.1) is 0 Å². The molecule has 1 heterocycles. The average Bonchev–Trinajstić information content (AvgIpc) is 3.15. The molecule has 1 aromatic rings. The molecular formula is C22H31NO4. The van der Waals surface area contributed by atoms with Crippen LogP contribution in [0.2, 0.25) is 0 Å². The molecule has 0 aliphatic carbocycles. The second-order valence-corrected chi connectivity index (χ2v) is 8.06. The van der Waals surface area contributed by atoms with Crippen LogP contribution in [0.4, 0.5) is 0 Å². The van der Waals surface area contributed by atoms with Gasteiger partial charge in [0.1, 0.15) is 5.75 Å². The average molecular weight is 373 g/mol. The molecule has 0 aromatic heterocycles. The maximum Gasteiger partial charge on any atom is 0.291 e. The summed E-state index contributed by atoms with van der Waals surface area (Å²) in [4.78, 5) is 39.2. The van der Waals surface area contributed by atoms with E-state index in [0.29, 0.717) is 25.8 Å². The first-order valence-corrected chi connectivity index (χ1v) is 9.92. The van der Waals surface area contributed by atoms with Crippen LogP contribution in [0.25, 0.3) is 0 Å². The minimum Gasteiger partial charge on any atom is -0.508 e. The molecule has 5 nitrogen and oxygen atoms in total. The number of nitrogens with zero attached hydrogens (tertiary/aromatic N) is 1. The Kier molecular flexibility index (Phi) is 7.17. The molecule has 0 unspecified atom stereocenters. The third-order valence-corrected chi connectivity index (χ3v) is 5.65. The summed E-state index contributed by atoms with van der Waals surface area (Å²) in [6, 6.07) is 6.66. The van der Waals surface area contributed by atoms with Crippen LogP contribution >= 0.6 is 0 Å². The van der Waals surface area contributed by atoms with E-state index in [0.717, 1.165) is 31.2 Å². The van der Waals surface area contributed by atoms with Crippen molar-refractivity contribution in [2.75, 3.05) is 6.54 Å². The summed E-state index contributed by atoms with van der Waals surface area (Å²) in [5, 5.41) is 9.30. The number of aryl methyl sites for hydroxylation is 1. The molecule has 0 radical (unpaired) electrons. The SMILES string of the molecule is CCC(C)(C)C(=O)C(=O)N1CCC[C@H]1C(=O)CCCCc1ccc(O)cc1. The number of phenolic OH excluding ortho intramolecular Hbond substituents is 1. The second-order valence-electron chi connectivity index (χ2n) is 8.06. The second kappa shape index (κ2) is 9.16. The zero-order chi connectivity index (χ0) is 20.0. The Labute approximate surface area is 161 Å². The fourth-order valence-corrected chi connectivity index (χ4v) is 3.38. The van der Waals surface area contributed by atoms with Gasteiger partial charge in [0.15, 0.2) is 5.78 Å². The Bertz CT molecular complexity index is 678. The van der Waals surface area contributed by atoms with Gasteiger partial charge in [0, 0.05) is 18.4 Å². The van der Waals surface area contributed by atoms with E-state index in [1.807, 2.05) is 19.1 Å². The Balaban J connectivity index is 1.84. The number of amides is 1. The van der Waals surface area contributed by atoms with Crippen LogP contribution in [0.5, 0.6) is 5.75 Å². The summed E-state index contributed by atoms with van der Waals surface area (Å²) in [6.07, 6.45) is 4.94. The predicted octanol–water partition coefficient (Wildman–Crippen LogP) is 3.67. The van der Waals surface area contributed by atoms with E-state index in [4.69, 9.17) is 0 Å². The van der Waals surface area contributed by atoms with Crippen LogP contribution in [-0.4, -0.2) is 40.1 Å². The first kappa shape index (κ1) is 21.1. The summed E-state index contributed by atoms with van der Waals surface area (Å²) in [5.41, 5.74) is 0.447. The largest absolute Gasteiger partial charge is 0.508 e. The molecule has 1 N–H and O–H groups in total. The van der Waals surface area contributed by atoms with Crippen molar-refractivity contribution in [1.82, 2.24) is 4.90 Å². The monoisotopic (exact) mass is 373 g/mol. The van der Waals surface area contributed by atoms with Gasteiger partial charge in [-0.25, -0.2) is 0 Å². The molecule has 1 aromatic carbocycles. The zero-order valence-corrected chi connectivity index (χ0v) is 16.7. The lowest BCUT2D eigenvalue weighted by molar-refractivity contribution is -0.151. The fourth-order valence-electron chi connectivity index (χ4n) is 3.38. The van der Waals surface area contributed by atoms with Crippen LogP contribution in [0.3, 0.4) is 0 Å². The van der Waals surface area contributed by atoms with Gasteiger partial charge >= 0.3 is 0 Å². The third-order valence-electron chi connectivity index (χ3n) is 5.65. The predicted molar refractivity (Wildman–Crippen MR) is 104 cm³/mol. The molecule has 1 amide bonds. The molecule has 148 valence electrons. The fraction of sp³-hybridized carbons (Fsp3) is 0.591. The number of carbonyl (C=O) groups is 3. The first-order valence-electron chi connectivity index (χ1n) is 9.92. The van der Waals surface area contributed by atoms with Crippen LogP contribution in [0.1, 0.15) is 64.9 Å². The molecule has 2 rings (SSSR count). The van der Waals surface area contributed by atoms with E-state index in [-0.39, 0.29) is 11.5 Å². The molecule has 1 fully saturated rings. The van der Waals surface area contributed by atoms with Gasteiger partial charge in [-0.1, -0.05) is 32.9 Å². The number of likely N-dealkylation sites (tertiary alicyclic amines) is 1. The van der Waals surface area contributed by atoms with Crippen molar-refractivity contribution >= 4 is 17.5 Å². The molecule has 1 atom stereocenters. The normalized spacial score (nSPS) is 17.1. The molecule has 1 saturated heterocycles. The number of Topliss-reactive ketones (excluding diaryl/α,β-unsaturated/α-hetero) is 2. The molecule has 0 spiro atoms. The number of hydrogen-bond donors (Lipinski definition) is 1. The summed E-state index contributed by atoms with van der Waals surface area (Å²) in [5.74, 6) is -0.576. The van der Waals surface area contributed by atoms with Gasteiger partial charge < -0.3 is 10.0 Å². The van der Waals surface area contributed by atoms with Crippen molar-refractivity contribution in [3.8, 4) is 5.75 Å². The molecule has 0 bridgehead atoms. The number of phenols is 1. The number of hydrogen-bond acceptors (Lipinski definition) is 4. The van der Waals surface area contributed by atoms with Crippen molar-refractivity contribution in [2.24, 2.45) is 5.41 Å². The highest BCUT2D eigenvalue weighted by molar-refractivity contribution is 6.38. The lowest BCUT2D eigenvalue weighted by atomic mass is 9.84. The number of rotatable bonds is 9. The smallest absolute Gasteiger partial charge is 0.291 e. The molecule has 0 saturated carbocycles. The van der Waals surface area contributed by atoms with Crippen molar-refractivity contribution in [3.05, 3.63) is 29.8 Å². The Morgan fingerprint density at radius 3 is 2.44 bits per heavy atom. The maximum absolute atomic E-state index is 12.6. The van der Waals surface area contributed by atoms with Gasteiger partial charge in [0.05, 0.1) is 6.04 Å². The number of aromatic hydroxyl groups is 1. The van der Waals surface area contributed by atoms with Crippen molar-refractivity contribution in [1.29, 1.82) is 0 Å². The van der Waals surface area contributed by atoms with Crippen molar-refractivity contribution in [3.63, 3.8) is 0 Å². The van der Waals surface area contributed by atoms with Crippen molar-refractivity contribution in [2.45, 2.75) is 71.8 Å². The van der Waals surface area contributed by atoms with Gasteiger partial charge in [0.2, 0.25) is 5.78 Å². The van der Waals surface area contributed by atoms with E-state index in [1.54, 1.807) is 26.0 Å². The Morgan fingerprint density at radius 2 is 1.81 bits per heavy atom.